The van der Waals surface area contributed by atoms with Crippen LogP contribution >= 0.6 is 36.4 Å². The number of hydrogen-bond donors (Lipinski definition) is 4. The van der Waals surface area contributed by atoms with E-state index in [2.05, 4.69) is 20.5 Å². The zero-order valence-corrected chi connectivity index (χ0v) is 14.7. The Balaban J connectivity index is 0.00000144. The number of fused-ring (bicyclic) bond motifs is 1. The molecule has 5 N–H and O–H groups in total. The molecular formula is C15H15Cl3N6. The summed E-state index contributed by atoms with van der Waals surface area (Å²) in [5.74, 6) is -0.228. The predicted octanol–water partition coefficient (Wildman–Crippen LogP) is 3.30. The third kappa shape index (κ3) is 4.38. The second-order valence-electron chi connectivity index (χ2n) is 4.63. The van der Waals surface area contributed by atoms with Crippen molar-refractivity contribution in [3.05, 3.63) is 65.1 Å². The SMILES string of the molecule is Cl.Cl.N=C(N)N/N=C(\c1ccccc1)c1cc2cc(Cl)ncc2[nH]1. The summed E-state index contributed by atoms with van der Waals surface area (Å²) >= 11 is 5.91. The Kier molecular flexibility index (Phi) is 7.03. The molecule has 0 saturated heterocycles. The molecule has 0 bridgehead atoms. The first-order valence-electron chi connectivity index (χ1n) is 6.51. The van der Waals surface area contributed by atoms with Crippen LogP contribution in [0.15, 0.2) is 53.8 Å². The lowest BCUT2D eigenvalue weighted by atomic mass is 10.1. The maximum absolute atomic E-state index is 7.27. The molecule has 0 spiro atoms. The van der Waals surface area contributed by atoms with Gasteiger partial charge < -0.3 is 10.7 Å². The number of rotatable bonds is 3. The molecule has 2 aromatic heterocycles. The van der Waals surface area contributed by atoms with E-state index in [4.69, 9.17) is 22.7 Å². The Morgan fingerprint density at radius 3 is 2.58 bits per heavy atom. The summed E-state index contributed by atoms with van der Waals surface area (Å²) in [7, 11) is 0. The fourth-order valence-electron chi connectivity index (χ4n) is 2.12. The molecule has 0 saturated carbocycles. The van der Waals surface area contributed by atoms with Gasteiger partial charge in [-0.1, -0.05) is 41.9 Å². The van der Waals surface area contributed by atoms with Crippen molar-refractivity contribution in [2.75, 3.05) is 0 Å². The second kappa shape index (κ2) is 8.54. The number of H-pyrrole nitrogens is 1. The largest absolute Gasteiger partial charge is 0.369 e. The van der Waals surface area contributed by atoms with Crippen LogP contribution in [-0.2, 0) is 0 Å². The molecule has 126 valence electrons. The average molecular weight is 386 g/mol. The lowest BCUT2D eigenvalue weighted by molar-refractivity contribution is 0.992. The zero-order valence-electron chi connectivity index (χ0n) is 12.3. The minimum atomic E-state index is -0.228. The van der Waals surface area contributed by atoms with Gasteiger partial charge in [0, 0.05) is 10.9 Å². The number of benzene rings is 1. The van der Waals surface area contributed by atoms with Crippen molar-refractivity contribution in [1.29, 1.82) is 5.41 Å². The van der Waals surface area contributed by atoms with E-state index in [-0.39, 0.29) is 30.8 Å². The molecule has 0 aliphatic heterocycles. The molecule has 2 heterocycles. The second-order valence-corrected chi connectivity index (χ2v) is 5.02. The molecule has 6 nitrogen and oxygen atoms in total. The zero-order chi connectivity index (χ0) is 15.5. The maximum atomic E-state index is 7.27. The van der Waals surface area contributed by atoms with E-state index in [1.165, 1.54) is 0 Å². The number of pyridine rings is 1. The van der Waals surface area contributed by atoms with Gasteiger partial charge in [0.25, 0.3) is 0 Å². The first kappa shape index (κ1) is 19.8. The molecular weight excluding hydrogens is 371 g/mol. The number of hydrogen-bond acceptors (Lipinski definition) is 3. The topological polar surface area (TPSA) is 103 Å². The fraction of sp³-hybridized carbons (Fsp3) is 0. The van der Waals surface area contributed by atoms with Crippen LogP contribution < -0.4 is 11.2 Å². The van der Waals surface area contributed by atoms with E-state index in [0.717, 1.165) is 22.2 Å². The minimum Gasteiger partial charge on any atom is -0.369 e. The highest BCUT2D eigenvalue weighted by atomic mass is 35.5. The quantitative estimate of drug-likeness (QED) is 0.241. The number of halogens is 3. The molecule has 0 fully saturated rings. The summed E-state index contributed by atoms with van der Waals surface area (Å²) in [6, 6.07) is 13.3. The van der Waals surface area contributed by atoms with E-state index in [0.29, 0.717) is 10.9 Å². The van der Waals surface area contributed by atoms with Gasteiger partial charge in [0.15, 0.2) is 0 Å². The van der Waals surface area contributed by atoms with Gasteiger partial charge in [-0.05, 0) is 12.1 Å². The van der Waals surface area contributed by atoms with Crippen LogP contribution in [0.25, 0.3) is 10.9 Å². The van der Waals surface area contributed by atoms with Crippen molar-refractivity contribution in [2.45, 2.75) is 0 Å². The van der Waals surface area contributed by atoms with E-state index in [1.54, 1.807) is 12.3 Å². The monoisotopic (exact) mass is 384 g/mol. The summed E-state index contributed by atoms with van der Waals surface area (Å²) in [5, 5.41) is 12.8. The van der Waals surface area contributed by atoms with Gasteiger partial charge in [0.1, 0.15) is 10.9 Å². The molecule has 1 aromatic carbocycles. The molecule has 9 heteroatoms. The molecule has 0 aliphatic carbocycles. The number of guanidine groups is 1. The Labute approximate surface area is 155 Å². The van der Waals surface area contributed by atoms with Crippen LogP contribution in [0.3, 0.4) is 0 Å². The van der Waals surface area contributed by atoms with Gasteiger partial charge in [-0.2, -0.15) is 5.10 Å². The summed E-state index contributed by atoms with van der Waals surface area (Å²) in [5.41, 5.74) is 11.0. The summed E-state index contributed by atoms with van der Waals surface area (Å²) in [6.45, 7) is 0. The molecule has 24 heavy (non-hydrogen) atoms. The Morgan fingerprint density at radius 1 is 1.21 bits per heavy atom. The molecule has 3 aromatic rings. The van der Waals surface area contributed by atoms with Crippen LogP contribution in [0.4, 0.5) is 0 Å². The van der Waals surface area contributed by atoms with Gasteiger partial charge in [-0.25, -0.2) is 10.4 Å². The standard InChI is InChI=1S/C15H13ClN6.2ClH/c16-13-7-10-6-11(20-12(10)8-19-13)14(21-22-15(17)18)9-4-2-1-3-5-9;;/h1-8,20H,(H4,17,18,22);2*1H/b21-14+;;. The fourth-order valence-corrected chi connectivity index (χ4v) is 2.29. The van der Waals surface area contributed by atoms with Crippen LogP contribution in [0.5, 0.6) is 0 Å². The first-order valence-corrected chi connectivity index (χ1v) is 6.89. The lowest BCUT2D eigenvalue weighted by Gasteiger charge is -2.05. The van der Waals surface area contributed by atoms with Crippen LogP contribution in [0, 0.1) is 5.41 Å². The van der Waals surface area contributed by atoms with Gasteiger partial charge >= 0.3 is 0 Å². The normalized spacial score (nSPS) is 10.6. The average Bonchev–Trinajstić information content (AvgIpc) is 2.91. The van der Waals surface area contributed by atoms with Crippen molar-refractivity contribution in [1.82, 2.24) is 15.4 Å². The van der Waals surface area contributed by atoms with Crippen molar-refractivity contribution in [2.24, 2.45) is 10.8 Å². The van der Waals surface area contributed by atoms with Gasteiger partial charge in [-0.3, -0.25) is 5.41 Å². The molecule has 0 aliphatic rings. The molecule has 3 rings (SSSR count). The summed E-state index contributed by atoms with van der Waals surface area (Å²) < 4.78 is 0. The van der Waals surface area contributed by atoms with Crippen molar-refractivity contribution < 1.29 is 0 Å². The van der Waals surface area contributed by atoms with Crippen LogP contribution in [-0.4, -0.2) is 21.6 Å². The van der Waals surface area contributed by atoms with Gasteiger partial charge in [-0.15, -0.1) is 24.8 Å². The van der Waals surface area contributed by atoms with E-state index in [9.17, 15) is 0 Å². The van der Waals surface area contributed by atoms with E-state index in [1.807, 2.05) is 36.4 Å². The highest BCUT2D eigenvalue weighted by Crippen LogP contribution is 2.20. The molecule has 0 radical (unpaired) electrons. The maximum Gasteiger partial charge on any atom is 0.206 e. The Morgan fingerprint density at radius 2 is 1.92 bits per heavy atom. The summed E-state index contributed by atoms with van der Waals surface area (Å²) in [4.78, 5) is 7.29. The van der Waals surface area contributed by atoms with Crippen LogP contribution in [0.1, 0.15) is 11.3 Å². The minimum absolute atomic E-state index is 0. The molecule has 0 unspecified atom stereocenters. The van der Waals surface area contributed by atoms with E-state index < -0.39 is 0 Å². The molecule has 0 amide bonds. The summed E-state index contributed by atoms with van der Waals surface area (Å²) in [6.07, 6.45) is 1.67. The number of hydrazone groups is 1. The number of aromatic amines is 1. The number of nitrogens with two attached hydrogens (primary N) is 1. The highest BCUT2D eigenvalue weighted by molar-refractivity contribution is 6.30. The van der Waals surface area contributed by atoms with Gasteiger partial charge in [0.05, 0.1) is 17.4 Å². The van der Waals surface area contributed by atoms with E-state index >= 15 is 0 Å². The Hall–Kier alpha value is -2.28. The van der Waals surface area contributed by atoms with Crippen molar-refractivity contribution in [3.63, 3.8) is 0 Å². The van der Waals surface area contributed by atoms with Gasteiger partial charge in [0.2, 0.25) is 5.96 Å². The van der Waals surface area contributed by atoms with Crippen molar-refractivity contribution in [3.8, 4) is 0 Å². The number of nitrogens with one attached hydrogen (secondary N) is 3. The molecule has 0 atom stereocenters. The first-order chi connectivity index (χ1) is 10.6. The Bertz CT molecular complexity index is 860. The predicted molar refractivity (Wildman–Crippen MR) is 103 cm³/mol. The van der Waals surface area contributed by atoms with Crippen molar-refractivity contribution >= 4 is 59.0 Å². The third-order valence-electron chi connectivity index (χ3n) is 3.06. The number of nitrogens with zero attached hydrogens (tertiary/aromatic N) is 2. The smallest absolute Gasteiger partial charge is 0.206 e. The number of aromatic nitrogens is 2. The van der Waals surface area contributed by atoms with Crippen LogP contribution in [0.2, 0.25) is 5.15 Å². The lowest BCUT2D eigenvalue weighted by Crippen LogP contribution is -2.27. The third-order valence-corrected chi connectivity index (χ3v) is 3.27. The highest BCUT2D eigenvalue weighted by Gasteiger charge is 2.11.